The summed E-state index contributed by atoms with van der Waals surface area (Å²) in [6, 6.07) is 4.75. The second-order valence-corrected chi connectivity index (χ2v) is 6.37. The number of aliphatic hydroxyl groups is 1. The van der Waals surface area contributed by atoms with E-state index in [4.69, 9.17) is 0 Å². The minimum absolute atomic E-state index is 0.0964. The van der Waals surface area contributed by atoms with Gasteiger partial charge in [-0.25, -0.2) is 4.39 Å². The molecular formula is C17H25FN2O. The zero-order chi connectivity index (χ0) is 14.7. The summed E-state index contributed by atoms with van der Waals surface area (Å²) < 4.78 is 13.3. The van der Waals surface area contributed by atoms with Crippen molar-refractivity contribution in [2.24, 2.45) is 5.92 Å². The molecule has 0 aliphatic carbocycles. The van der Waals surface area contributed by atoms with Gasteiger partial charge in [-0.05, 0) is 62.9 Å². The van der Waals surface area contributed by atoms with Crippen molar-refractivity contribution in [2.45, 2.75) is 32.3 Å². The summed E-state index contributed by atoms with van der Waals surface area (Å²) in [5.41, 5.74) is 1.70. The topological polar surface area (TPSA) is 26.7 Å². The fourth-order valence-electron chi connectivity index (χ4n) is 3.68. The maximum atomic E-state index is 13.3. The molecular weight excluding hydrogens is 267 g/mol. The molecule has 0 unspecified atom stereocenters. The third-order valence-electron chi connectivity index (χ3n) is 4.88. The average molecular weight is 292 g/mol. The summed E-state index contributed by atoms with van der Waals surface area (Å²) in [5, 5.41) is 9.42. The zero-order valence-corrected chi connectivity index (χ0v) is 12.6. The number of halogens is 1. The molecule has 1 aromatic rings. The molecule has 0 spiro atoms. The Bertz CT molecular complexity index is 466. The van der Waals surface area contributed by atoms with Crippen molar-refractivity contribution in [2.75, 3.05) is 37.6 Å². The van der Waals surface area contributed by atoms with Gasteiger partial charge in [0.15, 0.2) is 0 Å². The van der Waals surface area contributed by atoms with Crippen LogP contribution in [0.3, 0.4) is 0 Å². The summed E-state index contributed by atoms with van der Waals surface area (Å²) in [6.07, 6.45) is 5.10. The van der Waals surface area contributed by atoms with Crippen molar-refractivity contribution >= 4 is 5.69 Å². The van der Waals surface area contributed by atoms with Crippen molar-refractivity contribution in [1.82, 2.24) is 4.90 Å². The minimum atomic E-state index is -0.272. The molecule has 0 bridgehead atoms. The summed E-state index contributed by atoms with van der Waals surface area (Å²) in [6.45, 7) is 5.71. The van der Waals surface area contributed by atoms with Crippen molar-refractivity contribution in [3.8, 4) is 0 Å². The Morgan fingerprint density at radius 3 is 2.48 bits per heavy atom. The first-order valence-electron chi connectivity index (χ1n) is 8.13. The van der Waals surface area contributed by atoms with Gasteiger partial charge in [-0.3, -0.25) is 0 Å². The van der Waals surface area contributed by atoms with E-state index in [1.54, 1.807) is 0 Å². The van der Waals surface area contributed by atoms with Crippen LogP contribution in [0.2, 0.25) is 0 Å². The fourth-order valence-corrected chi connectivity index (χ4v) is 3.68. The van der Waals surface area contributed by atoms with Crippen molar-refractivity contribution < 1.29 is 9.50 Å². The lowest BCUT2D eigenvalue weighted by Gasteiger charge is -2.36. The fraction of sp³-hybridized carbons (Fsp3) is 0.647. The molecule has 3 nitrogen and oxygen atoms in total. The number of hydrogen-bond acceptors (Lipinski definition) is 3. The maximum Gasteiger partial charge on any atom is 0.123 e. The standard InChI is InChI=1S/C17H25FN2O/c18-16-3-4-17(15(11-16)13-21)20-9-5-14(6-10-20)12-19-7-1-2-8-19/h3-4,11,14,21H,1-2,5-10,12-13H2. The van der Waals surface area contributed by atoms with Gasteiger partial charge in [0, 0.05) is 30.9 Å². The molecule has 0 amide bonds. The second-order valence-electron chi connectivity index (χ2n) is 6.37. The van der Waals surface area contributed by atoms with Crippen LogP contribution in [0, 0.1) is 11.7 Å². The van der Waals surface area contributed by atoms with Crippen molar-refractivity contribution in [1.29, 1.82) is 0 Å². The maximum absolute atomic E-state index is 13.3. The minimum Gasteiger partial charge on any atom is -0.392 e. The quantitative estimate of drug-likeness (QED) is 0.924. The SMILES string of the molecule is OCc1cc(F)ccc1N1CCC(CN2CCCC2)CC1. The zero-order valence-electron chi connectivity index (χ0n) is 12.6. The molecule has 21 heavy (non-hydrogen) atoms. The molecule has 2 fully saturated rings. The highest BCUT2D eigenvalue weighted by Gasteiger charge is 2.23. The molecule has 4 heteroatoms. The van der Waals surface area contributed by atoms with Gasteiger partial charge in [0.05, 0.1) is 6.61 Å². The number of aliphatic hydroxyl groups excluding tert-OH is 1. The molecule has 1 aromatic carbocycles. The van der Waals surface area contributed by atoms with Crippen LogP contribution in [0.1, 0.15) is 31.2 Å². The first-order chi connectivity index (χ1) is 10.3. The van der Waals surface area contributed by atoms with E-state index in [1.165, 1.54) is 57.5 Å². The molecule has 2 aliphatic heterocycles. The summed E-state index contributed by atoms with van der Waals surface area (Å²) >= 11 is 0. The van der Waals surface area contributed by atoms with Gasteiger partial charge in [0.1, 0.15) is 5.82 Å². The monoisotopic (exact) mass is 292 g/mol. The smallest absolute Gasteiger partial charge is 0.123 e. The molecule has 0 radical (unpaired) electrons. The van der Waals surface area contributed by atoms with E-state index >= 15 is 0 Å². The Labute approximate surface area is 126 Å². The number of piperidine rings is 1. The van der Waals surface area contributed by atoms with Crippen LogP contribution in [0.4, 0.5) is 10.1 Å². The molecule has 2 heterocycles. The first-order valence-corrected chi connectivity index (χ1v) is 8.13. The highest BCUT2D eigenvalue weighted by atomic mass is 19.1. The Balaban J connectivity index is 1.57. The Hall–Kier alpha value is -1.13. The van der Waals surface area contributed by atoms with Gasteiger partial charge in [-0.2, -0.15) is 0 Å². The van der Waals surface area contributed by atoms with Crippen LogP contribution >= 0.6 is 0 Å². The number of benzene rings is 1. The van der Waals surface area contributed by atoms with Gasteiger partial charge < -0.3 is 14.9 Å². The van der Waals surface area contributed by atoms with Crippen molar-refractivity contribution in [3.63, 3.8) is 0 Å². The van der Waals surface area contributed by atoms with E-state index < -0.39 is 0 Å². The predicted molar refractivity (Wildman–Crippen MR) is 82.9 cm³/mol. The third kappa shape index (κ3) is 3.55. The van der Waals surface area contributed by atoms with Crippen molar-refractivity contribution in [3.05, 3.63) is 29.6 Å². The molecule has 0 saturated carbocycles. The highest BCUT2D eigenvalue weighted by molar-refractivity contribution is 5.53. The largest absolute Gasteiger partial charge is 0.392 e. The number of likely N-dealkylation sites (tertiary alicyclic amines) is 1. The molecule has 0 atom stereocenters. The molecule has 2 saturated heterocycles. The van der Waals surface area contributed by atoms with E-state index in [9.17, 15) is 9.50 Å². The molecule has 3 rings (SSSR count). The van der Waals surface area contributed by atoms with Crippen LogP contribution < -0.4 is 4.90 Å². The highest BCUT2D eigenvalue weighted by Crippen LogP contribution is 2.28. The van der Waals surface area contributed by atoms with Crippen LogP contribution in [-0.2, 0) is 6.61 Å². The lowest BCUT2D eigenvalue weighted by atomic mass is 9.95. The van der Waals surface area contributed by atoms with Gasteiger partial charge in [-0.1, -0.05) is 0 Å². The number of rotatable bonds is 4. The summed E-state index contributed by atoms with van der Waals surface area (Å²) in [4.78, 5) is 4.89. The van der Waals surface area contributed by atoms with Gasteiger partial charge in [0.2, 0.25) is 0 Å². The Morgan fingerprint density at radius 1 is 1.10 bits per heavy atom. The van der Waals surface area contributed by atoms with E-state index in [-0.39, 0.29) is 12.4 Å². The summed E-state index contributed by atoms with van der Waals surface area (Å²) in [7, 11) is 0. The van der Waals surface area contributed by atoms with Crippen LogP contribution in [0.25, 0.3) is 0 Å². The third-order valence-corrected chi connectivity index (χ3v) is 4.88. The molecule has 116 valence electrons. The van der Waals surface area contributed by atoms with Gasteiger partial charge in [0.25, 0.3) is 0 Å². The van der Waals surface area contributed by atoms with Gasteiger partial charge in [-0.15, -0.1) is 0 Å². The summed E-state index contributed by atoms with van der Waals surface area (Å²) in [5.74, 6) is 0.518. The van der Waals surface area contributed by atoms with Gasteiger partial charge >= 0.3 is 0 Å². The van der Waals surface area contributed by atoms with E-state index in [1.807, 2.05) is 6.07 Å². The van der Waals surface area contributed by atoms with Crippen LogP contribution in [0.5, 0.6) is 0 Å². The second kappa shape index (κ2) is 6.75. The first kappa shape index (κ1) is 14.8. The molecule has 2 aliphatic rings. The lowest BCUT2D eigenvalue weighted by molar-refractivity contribution is 0.248. The van der Waals surface area contributed by atoms with E-state index in [0.717, 1.165) is 24.7 Å². The number of anilines is 1. The predicted octanol–water partition coefficient (Wildman–Crippen LogP) is 2.63. The Kier molecular flexibility index (Phi) is 4.76. The average Bonchev–Trinajstić information content (AvgIpc) is 3.01. The number of hydrogen-bond donors (Lipinski definition) is 1. The van der Waals surface area contributed by atoms with E-state index in [0.29, 0.717) is 5.56 Å². The molecule has 0 aromatic heterocycles. The van der Waals surface area contributed by atoms with Crippen LogP contribution in [-0.4, -0.2) is 42.7 Å². The normalized spacial score (nSPS) is 21.1. The van der Waals surface area contributed by atoms with E-state index in [2.05, 4.69) is 9.80 Å². The number of nitrogens with zero attached hydrogens (tertiary/aromatic N) is 2. The van der Waals surface area contributed by atoms with Crippen LogP contribution in [0.15, 0.2) is 18.2 Å². The lowest BCUT2D eigenvalue weighted by Crippen LogP contribution is -2.38. The molecule has 1 N–H and O–H groups in total. The Morgan fingerprint density at radius 2 is 1.81 bits per heavy atom.